The molecule has 1 heterocycles. The molecular formula is C25H28N4O4. The van der Waals surface area contributed by atoms with Crippen molar-refractivity contribution in [1.29, 1.82) is 0 Å². The van der Waals surface area contributed by atoms with Gasteiger partial charge in [-0.2, -0.15) is 9.78 Å². The Morgan fingerprint density at radius 1 is 1.00 bits per heavy atom. The van der Waals surface area contributed by atoms with Gasteiger partial charge in [0.05, 0.1) is 24.7 Å². The number of rotatable bonds is 6. The van der Waals surface area contributed by atoms with E-state index in [9.17, 15) is 14.4 Å². The maximum absolute atomic E-state index is 13.0. The molecule has 1 aromatic heterocycles. The molecule has 4 rings (SSSR count). The first kappa shape index (κ1) is 22.5. The highest BCUT2D eigenvalue weighted by atomic mass is 16.5. The molecule has 3 aromatic rings. The summed E-state index contributed by atoms with van der Waals surface area (Å²) in [7, 11) is 1.56. The number of aromatic nitrogens is 2. The minimum absolute atomic E-state index is 0.0864. The molecule has 0 radical (unpaired) electrons. The van der Waals surface area contributed by atoms with E-state index in [1.165, 1.54) is 17.5 Å². The molecular weight excluding hydrogens is 420 g/mol. The molecule has 1 fully saturated rings. The molecule has 8 heteroatoms. The molecule has 172 valence electrons. The molecule has 2 aromatic carbocycles. The van der Waals surface area contributed by atoms with E-state index in [4.69, 9.17) is 4.74 Å². The minimum atomic E-state index is -0.510. The number of amides is 2. The van der Waals surface area contributed by atoms with Crippen molar-refractivity contribution in [2.24, 2.45) is 0 Å². The molecule has 0 bridgehead atoms. The molecule has 2 amide bonds. The zero-order chi connectivity index (χ0) is 23.2. The number of nitrogens with one attached hydrogen (secondary N) is 2. The third kappa shape index (κ3) is 5.22. The van der Waals surface area contributed by atoms with Crippen LogP contribution in [-0.2, 0) is 4.79 Å². The number of carbonyl (C=O) groups excluding carboxylic acids is 2. The summed E-state index contributed by atoms with van der Waals surface area (Å²) in [6, 6.07) is 13.8. The van der Waals surface area contributed by atoms with Gasteiger partial charge in [-0.25, -0.2) is 0 Å². The van der Waals surface area contributed by atoms with Gasteiger partial charge in [0.25, 0.3) is 11.5 Å². The fraction of sp³-hybridized carbons (Fsp3) is 0.360. The van der Waals surface area contributed by atoms with E-state index in [2.05, 4.69) is 15.7 Å². The number of hydrogen-bond acceptors (Lipinski definition) is 5. The van der Waals surface area contributed by atoms with Gasteiger partial charge in [-0.15, -0.1) is 0 Å². The highest BCUT2D eigenvalue weighted by molar-refractivity contribution is 6.05. The van der Waals surface area contributed by atoms with Gasteiger partial charge in [0.1, 0.15) is 5.75 Å². The fourth-order valence-electron chi connectivity index (χ4n) is 4.20. The van der Waals surface area contributed by atoms with E-state index in [0.29, 0.717) is 22.2 Å². The molecule has 1 saturated carbocycles. The normalized spacial score (nSPS) is 14.5. The Morgan fingerprint density at radius 3 is 2.33 bits per heavy atom. The Morgan fingerprint density at radius 2 is 1.67 bits per heavy atom. The molecule has 2 N–H and O–H groups in total. The average molecular weight is 449 g/mol. The Bertz CT molecular complexity index is 1200. The van der Waals surface area contributed by atoms with Crippen molar-refractivity contribution in [2.75, 3.05) is 13.7 Å². The lowest BCUT2D eigenvalue weighted by Gasteiger charge is -2.16. The maximum Gasteiger partial charge on any atom is 0.279 e. The van der Waals surface area contributed by atoms with Gasteiger partial charge in [-0.3, -0.25) is 14.4 Å². The number of ether oxygens (including phenoxy) is 1. The van der Waals surface area contributed by atoms with Gasteiger partial charge in [0.15, 0.2) is 5.69 Å². The highest BCUT2D eigenvalue weighted by Crippen LogP contribution is 2.18. The smallest absolute Gasteiger partial charge is 0.279 e. The van der Waals surface area contributed by atoms with Crippen molar-refractivity contribution in [3.8, 4) is 11.4 Å². The third-order valence-corrected chi connectivity index (χ3v) is 5.97. The lowest BCUT2D eigenvalue weighted by molar-refractivity contribution is -0.120. The number of benzene rings is 2. The Balaban J connectivity index is 1.57. The van der Waals surface area contributed by atoms with Crippen molar-refractivity contribution in [1.82, 2.24) is 20.4 Å². The molecule has 0 unspecified atom stereocenters. The first-order valence-electron chi connectivity index (χ1n) is 11.3. The van der Waals surface area contributed by atoms with Crippen LogP contribution in [0.4, 0.5) is 0 Å². The molecule has 8 nitrogen and oxygen atoms in total. The zero-order valence-corrected chi connectivity index (χ0v) is 18.7. The van der Waals surface area contributed by atoms with Crippen LogP contribution in [0.3, 0.4) is 0 Å². The molecule has 1 aliphatic rings. The van der Waals surface area contributed by atoms with E-state index in [1.54, 1.807) is 55.6 Å². The zero-order valence-electron chi connectivity index (χ0n) is 18.7. The van der Waals surface area contributed by atoms with E-state index in [1.807, 2.05) is 0 Å². The van der Waals surface area contributed by atoms with Crippen LogP contribution in [0.25, 0.3) is 16.5 Å². The number of carbonyl (C=O) groups is 2. The van der Waals surface area contributed by atoms with Gasteiger partial charge < -0.3 is 15.4 Å². The van der Waals surface area contributed by atoms with Gasteiger partial charge in [-0.05, 0) is 43.2 Å². The second-order valence-electron chi connectivity index (χ2n) is 8.25. The maximum atomic E-state index is 13.0. The molecule has 0 aliphatic heterocycles. The van der Waals surface area contributed by atoms with Crippen molar-refractivity contribution in [3.05, 3.63) is 64.6 Å². The van der Waals surface area contributed by atoms with Crippen LogP contribution >= 0.6 is 0 Å². The third-order valence-electron chi connectivity index (χ3n) is 5.97. The van der Waals surface area contributed by atoms with Crippen LogP contribution in [0.2, 0.25) is 0 Å². The molecule has 1 aliphatic carbocycles. The summed E-state index contributed by atoms with van der Waals surface area (Å²) < 4.78 is 6.37. The average Bonchev–Trinajstić information content (AvgIpc) is 3.12. The summed E-state index contributed by atoms with van der Waals surface area (Å²) in [5, 5.41) is 10.8. The van der Waals surface area contributed by atoms with E-state index in [0.717, 1.165) is 25.7 Å². The first-order valence-corrected chi connectivity index (χ1v) is 11.3. The Hall–Kier alpha value is -3.68. The summed E-state index contributed by atoms with van der Waals surface area (Å²) in [4.78, 5) is 38.5. The number of hydrogen-bond donors (Lipinski definition) is 2. The Kier molecular flexibility index (Phi) is 7.02. The van der Waals surface area contributed by atoms with Gasteiger partial charge >= 0.3 is 0 Å². The number of nitrogens with zero attached hydrogens (tertiary/aromatic N) is 2. The van der Waals surface area contributed by atoms with Crippen molar-refractivity contribution in [2.45, 2.75) is 44.6 Å². The quantitative estimate of drug-likeness (QED) is 0.565. The predicted octanol–water partition coefficient (Wildman–Crippen LogP) is 2.96. The lowest BCUT2D eigenvalue weighted by atomic mass is 10.1. The molecule has 0 saturated heterocycles. The van der Waals surface area contributed by atoms with Gasteiger partial charge in [0, 0.05) is 11.4 Å². The second-order valence-corrected chi connectivity index (χ2v) is 8.25. The van der Waals surface area contributed by atoms with E-state index >= 15 is 0 Å². The monoisotopic (exact) mass is 448 g/mol. The summed E-state index contributed by atoms with van der Waals surface area (Å²) in [5.41, 5.74) is 0.258. The van der Waals surface area contributed by atoms with Crippen LogP contribution in [0, 0.1) is 0 Å². The predicted molar refractivity (Wildman–Crippen MR) is 126 cm³/mol. The molecule has 0 atom stereocenters. The van der Waals surface area contributed by atoms with Crippen molar-refractivity contribution < 1.29 is 14.3 Å². The van der Waals surface area contributed by atoms with Crippen molar-refractivity contribution in [3.63, 3.8) is 0 Å². The molecule has 0 spiro atoms. The number of methoxy groups -OCH3 is 1. The van der Waals surface area contributed by atoms with Crippen LogP contribution < -0.4 is 20.9 Å². The Labute approximate surface area is 191 Å². The summed E-state index contributed by atoms with van der Waals surface area (Å²) in [5.74, 6) is -0.0854. The summed E-state index contributed by atoms with van der Waals surface area (Å²) in [6.07, 6.45) is 6.56. The first-order chi connectivity index (χ1) is 16.1. The highest BCUT2D eigenvalue weighted by Gasteiger charge is 2.19. The van der Waals surface area contributed by atoms with Crippen LogP contribution in [0.15, 0.2) is 53.3 Å². The minimum Gasteiger partial charge on any atom is -0.497 e. The standard InChI is InChI=1S/C25H28N4O4/c1-33-19-14-12-18(13-15-19)29-25(32)21-11-7-6-10-20(21)23(28-29)24(31)26-16-22(30)27-17-8-4-2-3-5-9-17/h6-7,10-15,17H,2-5,8-9,16H2,1H3,(H,26,31)(H,27,30). The number of fused-ring (bicyclic) bond motifs is 1. The van der Waals surface area contributed by atoms with Crippen LogP contribution in [-0.4, -0.2) is 41.3 Å². The van der Waals surface area contributed by atoms with Gasteiger partial charge in [0.2, 0.25) is 5.91 Å². The van der Waals surface area contributed by atoms with Crippen molar-refractivity contribution >= 4 is 22.6 Å². The fourth-order valence-corrected chi connectivity index (χ4v) is 4.20. The van der Waals surface area contributed by atoms with Crippen LogP contribution in [0.5, 0.6) is 5.75 Å². The summed E-state index contributed by atoms with van der Waals surface area (Å²) >= 11 is 0. The topological polar surface area (TPSA) is 102 Å². The SMILES string of the molecule is COc1ccc(-n2nc(C(=O)NCC(=O)NC3CCCCCC3)c3ccccc3c2=O)cc1. The van der Waals surface area contributed by atoms with E-state index < -0.39 is 5.91 Å². The van der Waals surface area contributed by atoms with Gasteiger partial charge in [-0.1, -0.05) is 43.9 Å². The summed E-state index contributed by atoms with van der Waals surface area (Å²) in [6.45, 7) is -0.146. The van der Waals surface area contributed by atoms with E-state index in [-0.39, 0.29) is 29.7 Å². The molecule has 33 heavy (non-hydrogen) atoms. The van der Waals surface area contributed by atoms with Crippen LogP contribution in [0.1, 0.15) is 49.0 Å². The largest absolute Gasteiger partial charge is 0.497 e. The second kappa shape index (κ2) is 10.3. The lowest BCUT2D eigenvalue weighted by Crippen LogP contribution is -2.42.